The van der Waals surface area contributed by atoms with Gasteiger partial charge in [0, 0.05) is 12.2 Å². The fraction of sp³-hybridized carbons (Fsp3) is 0.238. The molecule has 1 amide bonds. The van der Waals surface area contributed by atoms with Gasteiger partial charge in [-0.15, -0.1) is 0 Å². The zero-order valence-corrected chi connectivity index (χ0v) is 16.6. The van der Waals surface area contributed by atoms with E-state index in [1.165, 1.54) is 4.90 Å². The summed E-state index contributed by atoms with van der Waals surface area (Å²) in [5.41, 5.74) is 3.08. The van der Waals surface area contributed by atoms with Crippen LogP contribution in [0.25, 0.3) is 11.1 Å². The zero-order chi connectivity index (χ0) is 20.6. The van der Waals surface area contributed by atoms with Crippen molar-refractivity contribution in [3.63, 3.8) is 0 Å². The van der Waals surface area contributed by atoms with Crippen molar-refractivity contribution < 1.29 is 18.7 Å². The van der Waals surface area contributed by atoms with Gasteiger partial charge >= 0.3 is 5.97 Å². The monoisotopic (exact) mass is 409 g/mol. The molecule has 0 unspecified atom stereocenters. The summed E-state index contributed by atoms with van der Waals surface area (Å²) in [5.74, 6) is -0.956. The first-order valence-corrected chi connectivity index (χ1v) is 9.93. The number of fused-ring (bicyclic) bond motifs is 1. The van der Waals surface area contributed by atoms with E-state index >= 15 is 0 Å². The normalized spacial score (nSPS) is 10.5. The van der Waals surface area contributed by atoms with E-state index in [2.05, 4.69) is 4.98 Å². The number of carbonyl (C=O) groups is 2. The highest BCUT2D eigenvalue weighted by atomic mass is 32.2. The van der Waals surface area contributed by atoms with Gasteiger partial charge in [-0.3, -0.25) is 9.59 Å². The van der Waals surface area contributed by atoms with E-state index in [1.54, 1.807) is 18.2 Å². The summed E-state index contributed by atoms with van der Waals surface area (Å²) in [6, 6.07) is 16.7. The lowest BCUT2D eigenvalue weighted by Gasteiger charge is -2.21. The van der Waals surface area contributed by atoms with E-state index in [4.69, 9.17) is 14.4 Å². The number of aryl methyl sites for hydroxylation is 1. The van der Waals surface area contributed by atoms with Crippen LogP contribution in [0, 0.1) is 18.3 Å². The molecule has 0 aliphatic carbocycles. The van der Waals surface area contributed by atoms with E-state index in [0.717, 1.165) is 17.3 Å². The molecule has 1 aromatic heterocycles. The van der Waals surface area contributed by atoms with Gasteiger partial charge in [-0.2, -0.15) is 5.26 Å². The van der Waals surface area contributed by atoms with Crippen LogP contribution in [-0.4, -0.2) is 35.8 Å². The number of anilines is 1. The fourth-order valence-electron chi connectivity index (χ4n) is 2.58. The van der Waals surface area contributed by atoms with Crippen LogP contribution in [0.2, 0.25) is 0 Å². The van der Waals surface area contributed by atoms with Gasteiger partial charge in [-0.05, 0) is 31.2 Å². The summed E-state index contributed by atoms with van der Waals surface area (Å²) >= 11 is 1.11. The number of oxazole rings is 1. The number of thioether (sulfide) groups is 1. The topological polar surface area (TPSA) is 96.4 Å². The summed E-state index contributed by atoms with van der Waals surface area (Å²) in [6.45, 7) is 1.78. The third kappa shape index (κ3) is 5.59. The molecule has 148 valence electrons. The highest BCUT2D eigenvalue weighted by Crippen LogP contribution is 2.23. The van der Waals surface area contributed by atoms with Crippen LogP contribution in [0.5, 0.6) is 0 Å². The molecule has 0 N–H and O–H groups in total. The lowest BCUT2D eigenvalue weighted by Crippen LogP contribution is -2.35. The molecule has 7 nitrogen and oxygen atoms in total. The molecule has 29 heavy (non-hydrogen) atoms. The number of hydrogen-bond acceptors (Lipinski definition) is 7. The van der Waals surface area contributed by atoms with Crippen LogP contribution < -0.4 is 4.90 Å². The Balaban J connectivity index is 1.53. The molecule has 0 aliphatic heterocycles. The number of nitriles is 1. The van der Waals surface area contributed by atoms with Crippen molar-refractivity contribution in [1.82, 2.24) is 4.98 Å². The first-order valence-electron chi connectivity index (χ1n) is 8.95. The van der Waals surface area contributed by atoms with Crippen molar-refractivity contribution in [1.29, 1.82) is 5.26 Å². The number of rotatable bonds is 8. The molecule has 0 spiro atoms. The maximum Gasteiger partial charge on any atom is 0.316 e. The number of carbonyl (C=O) groups excluding carboxylic acids is 2. The van der Waals surface area contributed by atoms with Crippen molar-refractivity contribution in [3.05, 3.63) is 54.1 Å². The quantitative estimate of drug-likeness (QED) is 0.413. The van der Waals surface area contributed by atoms with E-state index in [-0.39, 0.29) is 24.6 Å². The van der Waals surface area contributed by atoms with Crippen LogP contribution in [-0.2, 0) is 14.3 Å². The van der Waals surface area contributed by atoms with Crippen LogP contribution >= 0.6 is 11.8 Å². The maximum atomic E-state index is 12.5. The minimum atomic E-state index is -0.547. The second-order valence-corrected chi connectivity index (χ2v) is 7.11. The first kappa shape index (κ1) is 20.4. The smallest absolute Gasteiger partial charge is 0.316 e. The number of para-hydroxylation sites is 2. The van der Waals surface area contributed by atoms with E-state index in [1.807, 2.05) is 43.3 Å². The van der Waals surface area contributed by atoms with Crippen molar-refractivity contribution in [2.45, 2.75) is 18.6 Å². The van der Waals surface area contributed by atoms with E-state index < -0.39 is 12.6 Å². The summed E-state index contributed by atoms with van der Waals surface area (Å²) < 4.78 is 10.6. The molecule has 0 saturated heterocycles. The molecule has 0 saturated carbocycles. The minimum Gasteiger partial charge on any atom is -0.455 e. The van der Waals surface area contributed by atoms with Gasteiger partial charge < -0.3 is 14.1 Å². The molecule has 3 aromatic rings. The first-order chi connectivity index (χ1) is 14.1. The molecule has 0 bridgehead atoms. The number of nitrogens with zero attached hydrogens (tertiary/aromatic N) is 3. The third-order valence-electron chi connectivity index (χ3n) is 4.04. The highest BCUT2D eigenvalue weighted by Gasteiger charge is 2.18. The second-order valence-electron chi connectivity index (χ2n) is 6.19. The Morgan fingerprint density at radius 3 is 2.69 bits per heavy atom. The number of ether oxygens (including phenoxy) is 1. The Morgan fingerprint density at radius 1 is 1.21 bits per heavy atom. The molecule has 3 rings (SSSR count). The molecule has 0 atom stereocenters. The van der Waals surface area contributed by atoms with Gasteiger partial charge in [0.15, 0.2) is 12.2 Å². The molecule has 0 radical (unpaired) electrons. The standard InChI is InChI=1S/C21H19N3O4S/c1-15-7-9-16(10-8-15)24(12-4-11-22)19(25)13-27-20(26)14-29-21-23-17-5-2-3-6-18(17)28-21/h2-3,5-10H,4,12-14H2,1H3. The molecular weight excluding hydrogens is 390 g/mol. The zero-order valence-electron chi connectivity index (χ0n) is 15.8. The molecule has 0 fully saturated rings. The summed E-state index contributed by atoms with van der Waals surface area (Å²) in [4.78, 5) is 30.3. The lowest BCUT2D eigenvalue weighted by molar-refractivity contribution is -0.145. The average Bonchev–Trinajstić information content (AvgIpc) is 3.15. The fourth-order valence-corrected chi connectivity index (χ4v) is 3.22. The summed E-state index contributed by atoms with van der Waals surface area (Å²) in [6.07, 6.45) is 0.182. The Labute approximate surface area is 172 Å². The highest BCUT2D eigenvalue weighted by molar-refractivity contribution is 7.99. The minimum absolute atomic E-state index is 0.0250. The van der Waals surface area contributed by atoms with Gasteiger partial charge in [0.2, 0.25) is 0 Å². The van der Waals surface area contributed by atoms with Crippen molar-refractivity contribution >= 4 is 40.4 Å². The van der Waals surface area contributed by atoms with Crippen LogP contribution in [0.15, 0.2) is 58.2 Å². The van der Waals surface area contributed by atoms with Crippen molar-refractivity contribution in [2.75, 3.05) is 23.8 Å². The number of benzene rings is 2. The number of amides is 1. The van der Waals surface area contributed by atoms with Gasteiger partial charge in [0.1, 0.15) is 11.3 Å². The number of hydrogen-bond donors (Lipinski definition) is 0. The van der Waals surface area contributed by atoms with Crippen molar-refractivity contribution in [3.8, 4) is 6.07 Å². The summed E-state index contributed by atoms with van der Waals surface area (Å²) in [7, 11) is 0. The Morgan fingerprint density at radius 2 is 1.97 bits per heavy atom. The Bertz CT molecular complexity index is 1010. The molecular formula is C21H19N3O4S. The molecule has 0 aliphatic rings. The molecule has 1 heterocycles. The second kappa shape index (κ2) is 9.75. The van der Waals surface area contributed by atoms with Crippen molar-refractivity contribution in [2.24, 2.45) is 0 Å². The predicted octanol–water partition coefficient (Wildman–Crippen LogP) is 3.72. The molecule has 2 aromatic carbocycles. The van der Waals surface area contributed by atoms with Gasteiger partial charge in [0.25, 0.3) is 11.1 Å². The molecule has 8 heteroatoms. The van der Waals surface area contributed by atoms with Crippen LogP contribution in [0.3, 0.4) is 0 Å². The third-order valence-corrected chi connectivity index (χ3v) is 4.84. The van der Waals surface area contributed by atoms with Gasteiger partial charge in [0.05, 0.1) is 12.5 Å². The SMILES string of the molecule is Cc1ccc(N(CCC#N)C(=O)COC(=O)CSc2nc3ccccc3o2)cc1. The maximum absolute atomic E-state index is 12.5. The summed E-state index contributed by atoms with van der Waals surface area (Å²) in [5, 5.41) is 9.21. The predicted molar refractivity (Wildman–Crippen MR) is 109 cm³/mol. The Hall–Kier alpha value is -3.31. The van der Waals surface area contributed by atoms with Crippen LogP contribution in [0.4, 0.5) is 5.69 Å². The van der Waals surface area contributed by atoms with E-state index in [9.17, 15) is 9.59 Å². The lowest BCUT2D eigenvalue weighted by atomic mass is 10.2. The number of aromatic nitrogens is 1. The largest absolute Gasteiger partial charge is 0.455 e. The van der Waals surface area contributed by atoms with Gasteiger partial charge in [-0.1, -0.05) is 41.6 Å². The van der Waals surface area contributed by atoms with Gasteiger partial charge in [-0.25, -0.2) is 4.98 Å². The van der Waals surface area contributed by atoms with Crippen LogP contribution in [0.1, 0.15) is 12.0 Å². The number of esters is 1. The Kier molecular flexibility index (Phi) is 6.87. The average molecular weight is 409 g/mol. The van der Waals surface area contributed by atoms with E-state index in [0.29, 0.717) is 22.0 Å².